The van der Waals surface area contributed by atoms with E-state index in [-0.39, 0.29) is 25.9 Å². The normalized spacial score (nSPS) is 18.6. The zero-order chi connectivity index (χ0) is 56.1. The molecule has 0 saturated carbocycles. The zero-order valence-electron chi connectivity index (χ0n) is 48.4. The third kappa shape index (κ3) is 42.5. The Kier molecular flexibility index (Phi) is 48.4. The number of aliphatic hydroxyl groups is 2. The molecular formula is C65H108O12. The van der Waals surface area contributed by atoms with E-state index < -0.39 is 67.3 Å². The first kappa shape index (κ1) is 70.9. The van der Waals surface area contributed by atoms with Crippen molar-refractivity contribution in [1.82, 2.24) is 0 Å². The van der Waals surface area contributed by atoms with Crippen molar-refractivity contribution in [2.45, 2.75) is 289 Å². The van der Waals surface area contributed by atoms with Crippen LogP contribution < -0.4 is 0 Å². The molecule has 440 valence electrons. The van der Waals surface area contributed by atoms with E-state index in [4.69, 9.17) is 23.7 Å². The highest BCUT2D eigenvalue weighted by Crippen LogP contribution is 2.26. The molecule has 1 aliphatic rings. The average molecular weight is 1080 g/mol. The number of carbonyl (C=O) groups excluding carboxylic acids is 3. The summed E-state index contributed by atoms with van der Waals surface area (Å²) >= 11 is 0. The summed E-state index contributed by atoms with van der Waals surface area (Å²) in [6.07, 6.45) is 55.8. The molecule has 12 nitrogen and oxygen atoms in total. The second kappa shape index (κ2) is 52.6. The Bertz CT molecular complexity index is 1660. The summed E-state index contributed by atoms with van der Waals surface area (Å²) in [4.78, 5) is 51.1. The average Bonchev–Trinajstić information content (AvgIpc) is 3.43. The molecule has 0 spiro atoms. The number of aliphatic carboxylic acids is 1. The van der Waals surface area contributed by atoms with Crippen LogP contribution in [-0.2, 0) is 42.9 Å². The molecule has 0 bridgehead atoms. The SMILES string of the molecule is CC/C=C\C/C=C\C/C=C\C/C=C\C/C=C\CC(=O)OC(COC(=O)CCCCCCCCCCCCCCCCCCC)COC1OC(C(=O)O)C(O)C(O)C1OC(=O)CCCCCCC/C=C\C/C=C\CCCCC. The maximum atomic E-state index is 13.1. The minimum Gasteiger partial charge on any atom is -0.479 e. The molecule has 6 unspecified atom stereocenters. The number of esters is 3. The molecule has 1 rings (SSSR count). The van der Waals surface area contributed by atoms with Crippen LogP contribution in [0.25, 0.3) is 0 Å². The Morgan fingerprint density at radius 1 is 0.455 bits per heavy atom. The Balaban J connectivity index is 2.73. The van der Waals surface area contributed by atoms with Crippen LogP contribution in [0.15, 0.2) is 85.1 Å². The number of carboxylic acids is 1. The molecule has 0 aromatic carbocycles. The number of aliphatic hydroxyl groups excluding tert-OH is 2. The molecular weight excluding hydrogens is 973 g/mol. The summed E-state index contributed by atoms with van der Waals surface area (Å²) in [5.41, 5.74) is 0. The number of rotatable bonds is 51. The summed E-state index contributed by atoms with van der Waals surface area (Å²) < 4.78 is 28.3. The third-order valence-corrected chi connectivity index (χ3v) is 13.5. The van der Waals surface area contributed by atoms with Crippen molar-refractivity contribution in [1.29, 1.82) is 0 Å². The van der Waals surface area contributed by atoms with Gasteiger partial charge in [0.15, 0.2) is 24.6 Å². The molecule has 0 aromatic rings. The van der Waals surface area contributed by atoms with Crippen molar-refractivity contribution < 1.29 is 58.2 Å². The van der Waals surface area contributed by atoms with Gasteiger partial charge in [-0.1, -0.05) is 241 Å². The quantitative estimate of drug-likeness (QED) is 0.0228. The van der Waals surface area contributed by atoms with Gasteiger partial charge in [-0.3, -0.25) is 14.4 Å². The van der Waals surface area contributed by atoms with Gasteiger partial charge in [-0.05, 0) is 77.0 Å². The molecule has 77 heavy (non-hydrogen) atoms. The van der Waals surface area contributed by atoms with Crippen molar-refractivity contribution >= 4 is 23.9 Å². The van der Waals surface area contributed by atoms with E-state index in [2.05, 4.69) is 87.6 Å². The van der Waals surface area contributed by atoms with Crippen LogP contribution in [0.4, 0.5) is 0 Å². The van der Waals surface area contributed by atoms with Gasteiger partial charge in [0.1, 0.15) is 18.8 Å². The molecule has 1 fully saturated rings. The first-order valence-electron chi connectivity index (χ1n) is 30.6. The van der Waals surface area contributed by atoms with Crippen LogP contribution in [0.2, 0.25) is 0 Å². The maximum absolute atomic E-state index is 13.1. The Labute approximate surface area is 467 Å². The van der Waals surface area contributed by atoms with Crippen LogP contribution in [-0.4, -0.2) is 89.2 Å². The van der Waals surface area contributed by atoms with Crippen LogP contribution in [0, 0.1) is 0 Å². The minimum absolute atomic E-state index is 0.0321. The van der Waals surface area contributed by atoms with Gasteiger partial charge in [0, 0.05) is 12.8 Å². The Morgan fingerprint density at radius 2 is 0.857 bits per heavy atom. The summed E-state index contributed by atoms with van der Waals surface area (Å²) in [5.74, 6) is -3.30. The number of ether oxygens (including phenoxy) is 5. The zero-order valence-corrected chi connectivity index (χ0v) is 48.4. The molecule has 0 amide bonds. The third-order valence-electron chi connectivity index (χ3n) is 13.5. The van der Waals surface area contributed by atoms with E-state index in [1.54, 1.807) is 6.08 Å². The highest BCUT2D eigenvalue weighted by atomic mass is 16.7. The van der Waals surface area contributed by atoms with Crippen molar-refractivity contribution in [3.63, 3.8) is 0 Å². The van der Waals surface area contributed by atoms with Gasteiger partial charge in [0.05, 0.1) is 13.0 Å². The molecule has 1 saturated heterocycles. The van der Waals surface area contributed by atoms with Gasteiger partial charge < -0.3 is 39.0 Å². The molecule has 0 aliphatic carbocycles. The number of carboxylic acid groups (broad SMARTS) is 1. The molecule has 1 aliphatic heterocycles. The number of unbranched alkanes of at least 4 members (excludes halogenated alkanes) is 24. The lowest BCUT2D eigenvalue weighted by atomic mass is 9.98. The Morgan fingerprint density at radius 3 is 1.34 bits per heavy atom. The summed E-state index contributed by atoms with van der Waals surface area (Å²) in [5, 5.41) is 31.5. The smallest absolute Gasteiger partial charge is 0.335 e. The molecule has 0 aromatic heterocycles. The number of hydrogen-bond donors (Lipinski definition) is 3. The molecule has 3 N–H and O–H groups in total. The maximum Gasteiger partial charge on any atom is 0.335 e. The van der Waals surface area contributed by atoms with Gasteiger partial charge in [0.25, 0.3) is 0 Å². The lowest BCUT2D eigenvalue weighted by Crippen LogP contribution is -2.61. The van der Waals surface area contributed by atoms with E-state index >= 15 is 0 Å². The van der Waals surface area contributed by atoms with Gasteiger partial charge in [0.2, 0.25) is 0 Å². The summed E-state index contributed by atoms with van der Waals surface area (Å²) in [6, 6.07) is 0. The molecule has 1 heterocycles. The predicted molar refractivity (Wildman–Crippen MR) is 312 cm³/mol. The summed E-state index contributed by atoms with van der Waals surface area (Å²) in [6.45, 7) is 5.78. The second-order valence-corrected chi connectivity index (χ2v) is 20.6. The van der Waals surface area contributed by atoms with E-state index in [0.717, 1.165) is 89.9 Å². The van der Waals surface area contributed by atoms with Crippen LogP contribution in [0.3, 0.4) is 0 Å². The second-order valence-electron chi connectivity index (χ2n) is 20.6. The van der Waals surface area contributed by atoms with Crippen molar-refractivity contribution in [2.75, 3.05) is 13.2 Å². The van der Waals surface area contributed by atoms with Crippen molar-refractivity contribution in [2.24, 2.45) is 0 Å². The standard InChI is InChI=1S/C65H108O12/c1-4-7-10-13-16-19-22-25-28-29-32-33-36-39-42-45-48-51-57(66)73-54-56(75-58(67)52-49-46-43-40-37-34-30-26-23-20-17-14-11-8-5-2)55-74-65-63(61(70)60(69)62(77-65)64(71)72)76-59(68)53-50-47-44-41-38-35-31-27-24-21-18-15-12-9-6-3/h8,11,17-18,20-21,26-27,30-31,37,40,46,49,56,60-63,65,69-70H,4-7,9-10,12-16,19,22-25,28-29,32-36,38-39,41-45,47-48,50-55H2,1-3H3,(H,71,72)/b11-8-,20-17-,21-18-,30-26-,31-27-,40-37-,49-46-. The van der Waals surface area contributed by atoms with E-state index in [1.807, 2.05) is 12.2 Å². The number of allylic oxidation sites excluding steroid dienone is 13. The highest BCUT2D eigenvalue weighted by molar-refractivity contribution is 5.74. The molecule has 0 radical (unpaired) electrons. The minimum atomic E-state index is -1.92. The van der Waals surface area contributed by atoms with E-state index in [1.165, 1.54) is 103 Å². The van der Waals surface area contributed by atoms with E-state index in [9.17, 15) is 34.5 Å². The van der Waals surface area contributed by atoms with Crippen LogP contribution >= 0.6 is 0 Å². The summed E-state index contributed by atoms with van der Waals surface area (Å²) in [7, 11) is 0. The van der Waals surface area contributed by atoms with Crippen molar-refractivity contribution in [3.8, 4) is 0 Å². The van der Waals surface area contributed by atoms with Gasteiger partial charge in [-0.2, -0.15) is 0 Å². The topological polar surface area (TPSA) is 175 Å². The first-order valence-corrected chi connectivity index (χ1v) is 30.6. The number of carbonyl (C=O) groups is 4. The lowest BCUT2D eigenvalue weighted by molar-refractivity contribution is -0.301. The van der Waals surface area contributed by atoms with Gasteiger partial charge in [-0.25, -0.2) is 4.79 Å². The van der Waals surface area contributed by atoms with Crippen LogP contribution in [0.5, 0.6) is 0 Å². The van der Waals surface area contributed by atoms with Crippen LogP contribution in [0.1, 0.15) is 252 Å². The highest BCUT2D eigenvalue weighted by Gasteiger charge is 2.50. The fourth-order valence-corrected chi connectivity index (χ4v) is 8.83. The molecule has 12 heteroatoms. The Hall–Kier alpha value is -4.10. The van der Waals surface area contributed by atoms with E-state index in [0.29, 0.717) is 19.3 Å². The fraction of sp³-hybridized carbons (Fsp3) is 0.723. The first-order chi connectivity index (χ1) is 37.6. The monoisotopic (exact) mass is 1080 g/mol. The number of hydrogen-bond acceptors (Lipinski definition) is 11. The van der Waals surface area contributed by atoms with Crippen molar-refractivity contribution in [3.05, 3.63) is 85.1 Å². The van der Waals surface area contributed by atoms with Gasteiger partial charge in [-0.15, -0.1) is 0 Å². The predicted octanol–water partition coefficient (Wildman–Crippen LogP) is 15.9. The van der Waals surface area contributed by atoms with Gasteiger partial charge >= 0.3 is 23.9 Å². The molecule has 6 atom stereocenters. The lowest BCUT2D eigenvalue weighted by Gasteiger charge is -2.40. The fourth-order valence-electron chi connectivity index (χ4n) is 8.83. The largest absolute Gasteiger partial charge is 0.479 e.